The van der Waals surface area contributed by atoms with Gasteiger partial charge in [-0.05, 0) is 20.8 Å². The normalized spacial score (nSPS) is 40.3. The lowest BCUT2D eigenvalue weighted by molar-refractivity contribution is -0.531. The van der Waals surface area contributed by atoms with Crippen LogP contribution in [0.3, 0.4) is 0 Å². The number of β-lactam (4-membered cyclic amide) rings is 1. The monoisotopic (exact) mass is 399 g/mol. The summed E-state index contributed by atoms with van der Waals surface area (Å²) in [6.07, 6.45) is -2.78. The van der Waals surface area contributed by atoms with Gasteiger partial charge in [0.05, 0.1) is 11.0 Å². The van der Waals surface area contributed by atoms with Crippen LogP contribution in [0.2, 0.25) is 0 Å². The summed E-state index contributed by atoms with van der Waals surface area (Å²) in [5.74, 6) is -0.978. The Hall–Kier alpha value is -1.92. The summed E-state index contributed by atoms with van der Waals surface area (Å²) in [5.41, 5.74) is 0. The number of rotatable bonds is 3. The molecule has 2 N–H and O–H groups in total. The molecule has 0 aromatic heterocycles. The van der Waals surface area contributed by atoms with E-state index in [2.05, 4.69) is 4.99 Å². The molecule has 0 spiro atoms. The van der Waals surface area contributed by atoms with E-state index in [9.17, 15) is 29.9 Å². The van der Waals surface area contributed by atoms with Gasteiger partial charge in [0.15, 0.2) is 6.17 Å². The van der Waals surface area contributed by atoms with Crippen LogP contribution >= 0.6 is 11.8 Å². The van der Waals surface area contributed by atoms with Gasteiger partial charge in [0, 0.05) is 17.8 Å². The Bertz CT molecular complexity index is 759. The maximum absolute atomic E-state index is 12.9. The first-order valence-electron chi connectivity index (χ1n) is 8.65. The van der Waals surface area contributed by atoms with Crippen LogP contribution in [0.5, 0.6) is 0 Å². The molecule has 12 heteroatoms. The quantitative estimate of drug-likeness (QED) is 0.342. The zero-order valence-electron chi connectivity index (χ0n) is 15.1. The number of nitro groups is 1. The van der Waals surface area contributed by atoms with Crippen molar-refractivity contribution < 1.29 is 24.7 Å². The summed E-state index contributed by atoms with van der Waals surface area (Å²) in [7, 11) is 0. The third kappa shape index (κ3) is 2.46. The van der Waals surface area contributed by atoms with Crippen LogP contribution in [0.15, 0.2) is 4.99 Å². The lowest BCUT2D eigenvalue weighted by atomic mass is 9.94. The minimum atomic E-state index is -1.24. The van der Waals surface area contributed by atoms with E-state index >= 15 is 0 Å². The minimum absolute atomic E-state index is 0.105. The molecule has 3 fully saturated rings. The van der Waals surface area contributed by atoms with Crippen molar-refractivity contribution in [2.75, 3.05) is 13.1 Å². The third-order valence-corrected chi connectivity index (χ3v) is 7.27. The molecule has 4 aliphatic rings. The number of aliphatic hydroxyl groups is 1. The lowest BCUT2D eigenvalue weighted by Gasteiger charge is -2.53. The molecular formula is C15H21N5O6S. The van der Waals surface area contributed by atoms with Crippen LogP contribution in [0.4, 0.5) is 0 Å². The fourth-order valence-corrected chi connectivity index (χ4v) is 6.35. The van der Waals surface area contributed by atoms with Crippen molar-refractivity contribution in [1.82, 2.24) is 14.7 Å². The van der Waals surface area contributed by atoms with Crippen LogP contribution in [0, 0.1) is 10.1 Å². The molecule has 0 bridgehead atoms. The summed E-state index contributed by atoms with van der Waals surface area (Å²) in [6.45, 7) is 5.52. The average Bonchev–Trinajstić information content (AvgIpc) is 3.00. The van der Waals surface area contributed by atoms with Gasteiger partial charge >= 0.3 is 12.1 Å². The van der Waals surface area contributed by atoms with Gasteiger partial charge in [-0.3, -0.25) is 19.8 Å². The van der Waals surface area contributed by atoms with Gasteiger partial charge < -0.3 is 20.0 Å². The van der Waals surface area contributed by atoms with E-state index in [4.69, 9.17) is 0 Å². The standard InChI is InChI=1S/C15H21N5O6S/c1-6-16-10(20(25)26)11-17(6)4-7(21)5-18(11)8-12(22)19-9(14(23)24)15(2,3)27-13(8)19/h7-11,13,21H,4-5H2,1-3H3,(H,23,24). The number of thioether (sulfide) groups is 1. The maximum Gasteiger partial charge on any atom is 0.339 e. The Morgan fingerprint density at radius 2 is 2.07 bits per heavy atom. The van der Waals surface area contributed by atoms with Crippen LogP contribution in [0.25, 0.3) is 0 Å². The molecule has 11 nitrogen and oxygen atoms in total. The zero-order chi connectivity index (χ0) is 19.8. The molecule has 0 radical (unpaired) electrons. The number of carboxylic acid groups (broad SMARTS) is 1. The summed E-state index contributed by atoms with van der Waals surface area (Å²) in [6, 6.07) is -1.67. The number of carbonyl (C=O) groups is 2. The topological polar surface area (TPSA) is 140 Å². The SMILES string of the molecule is CC1=NC([N+](=O)[O-])C2N1CC(O)CN2C1C(=O)N2C1SC(C)(C)C2C(=O)O. The van der Waals surface area contributed by atoms with E-state index in [1.54, 1.807) is 30.6 Å². The van der Waals surface area contributed by atoms with Gasteiger partial charge in [-0.2, -0.15) is 4.99 Å². The van der Waals surface area contributed by atoms with Gasteiger partial charge in [0.1, 0.15) is 23.3 Å². The number of carboxylic acids is 1. The summed E-state index contributed by atoms with van der Waals surface area (Å²) >= 11 is 1.38. The number of nitrogens with zero attached hydrogens (tertiary/aromatic N) is 5. The third-order valence-electron chi connectivity index (χ3n) is 5.71. The van der Waals surface area contributed by atoms with Gasteiger partial charge in [-0.15, -0.1) is 11.8 Å². The Morgan fingerprint density at radius 1 is 1.41 bits per heavy atom. The first-order chi connectivity index (χ1) is 12.5. The van der Waals surface area contributed by atoms with Crippen molar-refractivity contribution in [3.63, 3.8) is 0 Å². The fourth-order valence-electron chi connectivity index (χ4n) is 4.64. The van der Waals surface area contributed by atoms with Crippen molar-refractivity contribution in [2.24, 2.45) is 4.99 Å². The van der Waals surface area contributed by atoms with E-state index < -0.39 is 51.5 Å². The predicted octanol–water partition coefficient (Wildman–Crippen LogP) is -1.16. The second-order valence-electron chi connectivity index (χ2n) is 7.83. The highest BCUT2D eigenvalue weighted by atomic mass is 32.2. The molecule has 6 unspecified atom stereocenters. The van der Waals surface area contributed by atoms with E-state index in [0.29, 0.717) is 5.84 Å². The molecule has 0 aromatic carbocycles. The number of fused-ring (bicyclic) bond motifs is 2. The van der Waals surface area contributed by atoms with Crippen LogP contribution in [-0.2, 0) is 9.59 Å². The molecule has 6 atom stereocenters. The van der Waals surface area contributed by atoms with Crippen LogP contribution in [0.1, 0.15) is 20.8 Å². The molecular weight excluding hydrogens is 378 g/mol. The van der Waals surface area contributed by atoms with Gasteiger partial charge in [0.25, 0.3) is 0 Å². The van der Waals surface area contributed by atoms with E-state index in [1.165, 1.54) is 16.7 Å². The highest BCUT2D eigenvalue weighted by molar-refractivity contribution is 8.01. The molecule has 27 heavy (non-hydrogen) atoms. The Balaban J connectivity index is 1.66. The maximum atomic E-state index is 12.9. The summed E-state index contributed by atoms with van der Waals surface area (Å²) < 4.78 is -0.681. The molecule has 0 aromatic rings. The van der Waals surface area contributed by atoms with Crippen molar-refractivity contribution >= 4 is 29.5 Å². The van der Waals surface area contributed by atoms with Crippen LogP contribution in [-0.4, -0.2) is 101 Å². The van der Waals surface area contributed by atoms with Crippen molar-refractivity contribution in [3.05, 3.63) is 10.1 Å². The largest absolute Gasteiger partial charge is 0.480 e. The van der Waals surface area contributed by atoms with Gasteiger partial charge in [0.2, 0.25) is 5.91 Å². The average molecular weight is 399 g/mol. The Kier molecular flexibility index (Phi) is 3.95. The highest BCUT2D eigenvalue weighted by Crippen LogP contribution is 2.53. The number of hydrogen-bond acceptors (Lipinski definition) is 9. The number of amidine groups is 1. The van der Waals surface area contributed by atoms with Gasteiger partial charge in [-0.25, -0.2) is 4.79 Å². The number of aliphatic carboxylic acids is 1. The van der Waals surface area contributed by atoms with Gasteiger partial charge in [-0.1, -0.05) is 0 Å². The molecule has 148 valence electrons. The first kappa shape index (κ1) is 18.4. The van der Waals surface area contributed by atoms with E-state index in [1.807, 2.05) is 0 Å². The number of amides is 1. The second-order valence-corrected chi connectivity index (χ2v) is 9.61. The second kappa shape index (κ2) is 5.79. The Labute approximate surface area is 159 Å². The molecule has 1 amide bonds. The minimum Gasteiger partial charge on any atom is -0.480 e. The van der Waals surface area contributed by atoms with Crippen LogP contribution < -0.4 is 0 Å². The molecule has 4 heterocycles. The number of hydrogen-bond donors (Lipinski definition) is 2. The molecule has 3 saturated heterocycles. The summed E-state index contributed by atoms with van der Waals surface area (Å²) in [4.78, 5) is 44.4. The molecule has 4 aliphatic heterocycles. The molecule has 0 saturated carbocycles. The number of aliphatic imine (C=N–C) groups is 1. The molecule has 4 rings (SSSR count). The van der Waals surface area contributed by atoms with Crippen molar-refractivity contribution in [2.45, 2.75) is 61.4 Å². The van der Waals surface area contributed by atoms with E-state index in [-0.39, 0.29) is 19.0 Å². The number of carbonyl (C=O) groups excluding carboxylic acids is 1. The Morgan fingerprint density at radius 3 is 2.67 bits per heavy atom. The highest BCUT2D eigenvalue weighted by Gasteiger charge is 2.67. The van der Waals surface area contributed by atoms with Crippen molar-refractivity contribution in [1.29, 1.82) is 0 Å². The first-order valence-corrected chi connectivity index (χ1v) is 9.53. The zero-order valence-corrected chi connectivity index (χ0v) is 15.9. The smallest absolute Gasteiger partial charge is 0.339 e. The number of aliphatic hydroxyl groups excluding tert-OH is 1. The lowest BCUT2D eigenvalue weighted by Crippen LogP contribution is -2.76. The number of β-amino-alcohol motifs (C(OH)–C–C–N with tert-alkyl or cyclic N) is 1. The predicted molar refractivity (Wildman–Crippen MR) is 94.6 cm³/mol. The molecule has 0 aliphatic carbocycles. The van der Waals surface area contributed by atoms with Crippen molar-refractivity contribution in [3.8, 4) is 0 Å². The summed E-state index contributed by atoms with van der Waals surface area (Å²) in [5, 5.41) is 30.9. The van der Waals surface area contributed by atoms with E-state index in [0.717, 1.165) is 0 Å². The fraction of sp³-hybridized carbons (Fsp3) is 0.800.